The van der Waals surface area contributed by atoms with E-state index in [0.29, 0.717) is 0 Å². The zero-order chi connectivity index (χ0) is 17.6. The summed E-state index contributed by atoms with van der Waals surface area (Å²) in [6, 6.07) is 7.15. The quantitative estimate of drug-likeness (QED) is 0.880. The van der Waals surface area contributed by atoms with Gasteiger partial charge in [0, 0.05) is 24.0 Å². The van der Waals surface area contributed by atoms with Crippen molar-refractivity contribution in [2.75, 3.05) is 13.1 Å². The summed E-state index contributed by atoms with van der Waals surface area (Å²) in [4.78, 5) is 27.8. The van der Waals surface area contributed by atoms with Gasteiger partial charge in [0.2, 0.25) is 5.91 Å². The molecule has 8 heteroatoms. The van der Waals surface area contributed by atoms with Gasteiger partial charge in [-0.3, -0.25) is 9.59 Å². The number of nitrogens with zero attached hydrogens (tertiary/aromatic N) is 1. The summed E-state index contributed by atoms with van der Waals surface area (Å²) in [5.41, 5.74) is 7.00. The number of rotatable bonds is 2. The van der Waals surface area contributed by atoms with E-state index in [2.05, 4.69) is 4.98 Å². The van der Waals surface area contributed by atoms with Crippen LogP contribution in [0, 0.1) is 18.8 Å². The summed E-state index contributed by atoms with van der Waals surface area (Å²) in [5, 5.41) is 0.793. The van der Waals surface area contributed by atoms with Crippen LogP contribution in [0.5, 0.6) is 0 Å². The molecule has 24 heavy (non-hydrogen) atoms. The molecule has 0 radical (unpaired) electrons. The largest absolute Gasteiger partial charge is 0.394 e. The summed E-state index contributed by atoms with van der Waals surface area (Å²) in [6.45, 7) is 1.00. The fraction of sp³-hybridized carbons (Fsp3) is 0.375. The summed E-state index contributed by atoms with van der Waals surface area (Å²) < 4.78 is 39.2. The highest BCUT2D eigenvalue weighted by Gasteiger charge is 2.52. The van der Waals surface area contributed by atoms with E-state index in [1.807, 2.05) is 25.1 Å². The Morgan fingerprint density at radius 2 is 1.96 bits per heavy atom. The number of H-pyrrole nitrogens is 1. The van der Waals surface area contributed by atoms with Crippen LogP contribution in [-0.2, 0) is 4.79 Å². The fourth-order valence-electron chi connectivity index (χ4n) is 3.12. The second-order valence-corrected chi connectivity index (χ2v) is 6.14. The first-order valence-corrected chi connectivity index (χ1v) is 7.41. The Morgan fingerprint density at radius 1 is 1.25 bits per heavy atom. The molecule has 0 unspecified atom stereocenters. The number of primary amides is 1. The van der Waals surface area contributed by atoms with Gasteiger partial charge in [0.05, 0.1) is 11.8 Å². The maximum Gasteiger partial charge on any atom is 0.394 e. The third-order valence-corrected chi connectivity index (χ3v) is 4.40. The van der Waals surface area contributed by atoms with Crippen LogP contribution in [0.1, 0.15) is 16.1 Å². The maximum atomic E-state index is 13.1. The molecule has 0 aliphatic carbocycles. The maximum absolute atomic E-state index is 13.1. The second kappa shape index (κ2) is 5.54. The molecular formula is C16H16F3N3O2. The van der Waals surface area contributed by atoms with Gasteiger partial charge in [-0.25, -0.2) is 0 Å². The number of hydrogen-bond donors (Lipinski definition) is 2. The number of aromatic nitrogens is 1. The number of carbonyl (C=O) groups excluding carboxylic acids is 2. The Hall–Kier alpha value is -2.51. The number of nitrogens with one attached hydrogen (secondary N) is 1. The molecule has 3 rings (SSSR count). The number of halogens is 3. The molecule has 1 fully saturated rings. The van der Waals surface area contributed by atoms with Crippen molar-refractivity contribution in [3.8, 4) is 0 Å². The number of carbonyl (C=O) groups is 2. The SMILES string of the molecule is Cc1ccc2cc(C(=O)N3C[C@@H](C(F)(F)F)[C@H](C(N)=O)C3)[nH]c2c1. The number of benzene rings is 1. The average Bonchev–Trinajstić information content (AvgIpc) is 3.09. The Bertz CT molecular complexity index is 812. The molecule has 0 bridgehead atoms. The molecule has 1 aliphatic heterocycles. The number of nitrogens with two attached hydrogens (primary N) is 1. The number of alkyl halides is 3. The minimum absolute atomic E-state index is 0.196. The van der Waals surface area contributed by atoms with Crippen molar-refractivity contribution in [2.24, 2.45) is 17.6 Å². The van der Waals surface area contributed by atoms with E-state index in [4.69, 9.17) is 5.73 Å². The van der Waals surface area contributed by atoms with Crippen LogP contribution in [0.4, 0.5) is 13.2 Å². The highest BCUT2D eigenvalue weighted by atomic mass is 19.4. The first-order chi connectivity index (χ1) is 11.2. The third kappa shape index (κ3) is 2.83. The molecule has 2 atom stereocenters. The van der Waals surface area contributed by atoms with Gasteiger partial charge in [-0.2, -0.15) is 13.2 Å². The van der Waals surface area contributed by atoms with Crippen molar-refractivity contribution in [3.05, 3.63) is 35.5 Å². The normalized spacial score (nSPS) is 21.4. The van der Waals surface area contributed by atoms with Crippen molar-refractivity contribution in [1.29, 1.82) is 0 Å². The molecule has 0 spiro atoms. The Balaban J connectivity index is 1.87. The number of aromatic amines is 1. The number of aryl methyl sites for hydroxylation is 1. The summed E-state index contributed by atoms with van der Waals surface area (Å²) in [7, 11) is 0. The lowest BCUT2D eigenvalue weighted by Crippen LogP contribution is -2.37. The van der Waals surface area contributed by atoms with Gasteiger partial charge in [0.15, 0.2) is 0 Å². The first kappa shape index (κ1) is 16.4. The minimum Gasteiger partial charge on any atom is -0.369 e. The molecule has 0 saturated carbocycles. The van der Waals surface area contributed by atoms with Gasteiger partial charge < -0.3 is 15.6 Å². The fourth-order valence-corrected chi connectivity index (χ4v) is 3.12. The number of hydrogen-bond acceptors (Lipinski definition) is 2. The van der Waals surface area contributed by atoms with Gasteiger partial charge in [-0.15, -0.1) is 0 Å². The standard InChI is InChI=1S/C16H16F3N3O2/c1-8-2-3-9-5-13(21-12(9)4-8)15(24)22-6-10(14(20)23)11(7-22)16(17,18)19/h2-5,10-11,21H,6-7H2,1H3,(H2,20,23)/t10-,11-/m1/s1. The van der Waals surface area contributed by atoms with E-state index in [9.17, 15) is 22.8 Å². The molecule has 1 saturated heterocycles. The van der Waals surface area contributed by atoms with Crippen LogP contribution >= 0.6 is 0 Å². The number of likely N-dealkylation sites (tertiary alicyclic amines) is 1. The van der Waals surface area contributed by atoms with Gasteiger partial charge >= 0.3 is 6.18 Å². The van der Waals surface area contributed by atoms with Crippen LogP contribution in [0.25, 0.3) is 10.9 Å². The van der Waals surface area contributed by atoms with E-state index in [0.717, 1.165) is 21.4 Å². The number of fused-ring (bicyclic) bond motifs is 1. The highest BCUT2D eigenvalue weighted by Crippen LogP contribution is 2.38. The lowest BCUT2D eigenvalue weighted by molar-refractivity contribution is -0.182. The third-order valence-electron chi connectivity index (χ3n) is 4.40. The molecule has 1 aliphatic rings. The van der Waals surface area contributed by atoms with Crippen molar-refractivity contribution < 1.29 is 22.8 Å². The zero-order valence-corrected chi connectivity index (χ0v) is 12.9. The van der Waals surface area contributed by atoms with Crippen LogP contribution < -0.4 is 5.73 Å². The zero-order valence-electron chi connectivity index (χ0n) is 12.9. The predicted molar refractivity (Wildman–Crippen MR) is 81.2 cm³/mol. The molecule has 5 nitrogen and oxygen atoms in total. The van der Waals surface area contributed by atoms with Crippen LogP contribution in [0.3, 0.4) is 0 Å². The number of amides is 2. The predicted octanol–water partition coefficient (Wildman–Crippen LogP) is 2.21. The Morgan fingerprint density at radius 3 is 2.54 bits per heavy atom. The molecule has 2 amide bonds. The van der Waals surface area contributed by atoms with Crippen molar-refractivity contribution in [1.82, 2.24) is 9.88 Å². The molecule has 128 valence electrons. The molecule has 2 aromatic rings. The van der Waals surface area contributed by atoms with E-state index >= 15 is 0 Å². The van der Waals surface area contributed by atoms with Crippen molar-refractivity contribution >= 4 is 22.7 Å². The Kier molecular flexibility index (Phi) is 3.77. The van der Waals surface area contributed by atoms with Crippen LogP contribution in [0.15, 0.2) is 24.3 Å². The lowest BCUT2D eigenvalue weighted by atomic mass is 9.95. The summed E-state index contributed by atoms with van der Waals surface area (Å²) in [6.07, 6.45) is -4.58. The molecule has 1 aromatic carbocycles. The Labute approximate surface area is 135 Å². The van der Waals surface area contributed by atoms with E-state index in [1.165, 1.54) is 0 Å². The van der Waals surface area contributed by atoms with Crippen molar-refractivity contribution in [2.45, 2.75) is 13.1 Å². The van der Waals surface area contributed by atoms with E-state index in [1.54, 1.807) is 6.07 Å². The lowest BCUT2D eigenvalue weighted by Gasteiger charge is -2.18. The summed E-state index contributed by atoms with van der Waals surface area (Å²) in [5.74, 6) is -4.95. The van der Waals surface area contributed by atoms with Crippen molar-refractivity contribution in [3.63, 3.8) is 0 Å². The molecule has 2 heterocycles. The van der Waals surface area contributed by atoms with Crippen LogP contribution in [-0.4, -0.2) is 41.0 Å². The first-order valence-electron chi connectivity index (χ1n) is 7.41. The molecule has 3 N–H and O–H groups in total. The topological polar surface area (TPSA) is 79.2 Å². The molecular weight excluding hydrogens is 323 g/mol. The van der Waals surface area contributed by atoms with Crippen LogP contribution in [0.2, 0.25) is 0 Å². The second-order valence-electron chi connectivity index (χ2n) is 6.14. The highest BCUT2D eigenvalue weighted by molar-refractivity contribution is 5.98. The smallest absolute Gasteiger partial charge is 0.369 e. The van der Waals surface area contributed by atoms with Gasteiger partial charge in [0.25, 0.3) is 5.91 Å². The molecule has 1 aromatic heterocycles. The average molecular weight is 339 g/mol. The van der Waals surface area contributed by atoms with E-state index < -0.39 is 36.4 Å². The van der Waals surface area contributed by atoms with Gasteiger partial charge in [-0.1, -0.05) is 12.1 Å². The monoisotopic (exact) mass is 339 g/mol. The van der Waals surface area contributed by atoms with Gasteiger partial charge in [0.1, 0.15) is 5.69 Å². The van der Waals surface area contributed by atoms with E-state index in [-0.39, 0.29) is 12.2 Å². The summed E-state index contributed by atoms with van der Waals surface area (Å²) >= 11 is 0. The van der Waals surface area contributed by atoms with Gasteiger partial charge in [-0.05, 0) is 24.6 Å². The minimum atomic E-state index is -4.58.